The highest BCUT2D eigenvalue weighted by Gasteiger charge is 2.45. The molecule has 0 radical (unpaired) electrons. The fourth-order valence-electron chi connectivity index (χ4n) is 6.94. The Hall–Kier alpha value is -2.46. The van der Waals surface area contributed by atoms with Crippen LogP contribution in [0.1, 0.15) is 89.8 Å². The number of hydrogen-bond donors (Lipinski definition) is 1. The molecule has 4 aliphatic rings. The maximum Gasteiger partial charge on any atom is 0.226 e. The molecule has 186 valence electrons. The molecule has 1 aromatic carbocycles. The molecule has 4 nitrogen and oxygen atoms in total. The molecule has 1 aromatic rings. The van der Waals surface area contributed by atoms with E-state index in [9.17, 15) is 9.90 Å². The van der Waals surface area contributed by atoms with E-state index in [2.05, 4.69) is 70.3 Å². The molecule has 1 N–H and O–H groups in total. The quantitative estimate of drug-likeness (QED) is 0.544. The molecule has 5 rings (SSSR count). The highest BCUT2D eigenvalue weighted by molar-refractivity contribution is 5.86. The van der Waals surface area contributed by atoms with Gasteiger partial charge < -0.3 is 10.0 Å². The standard InChI is InChI=1S/C31H40N2O2/c1-19-14-25-24-9-7-8-23(26(24)18-32-27(25)15-19)20-10-12-21(13-11-20)28(30(2,3)4)33(6)29(34)22-16-31(5,35)17-22/h10-15,18,22-23,25,28,35H,7-9,16-17H2,1-6H3/t22?,23?,25?,28-,31?/m0/s1. The first-order chi connectivity index (χ1) is 16.4. The van der Waals surface area contributed by atoms with E-state index in [0.717, 1.165) is 12.8 Å². The molecule has 1 fully saturated rings. The fourth-order valence-corrected chi connectivity index (χ4v) is 6.94. The second kappa shape index (κ2) is 8.58. The van der Waals surface area contributed by atoms with E-state index in [4.69, 9.17) is 4.99 Å². The summed E-state index contributed by atoms with van der Waals surface area (Å²) in [7, 11) is 1.93. The van der Waals surface area contributed by atoms with Crippen molar-refractivity contribution in [3.63, 3.8) is 0 Å². The second-order valence-electron chi connectivity index (χ2n) is 12.6. The average Bonchev–Trinajstić information content (AvgIpc) is 3.17. The van der Waals surface area contributed by atoms with Crippen molar-refractivity contribution >= 4 is 12.1 Å². The van der Waals surface area contributed by atoms with Crippen LogP contribution in [0.15, 0.2) is 63.8 Å². The third kappa shape index (κ3) is 4.46. The molecule has 0 aromatic heterocycles. The van der Waals surface area contributed by atoms with Gasteiger partial charge in [-0.05, 0) is 74.1 Å². The Labute approximate surface area is 210 Å². The van der Waals surface area contributed by atoms with Gasteiger partial charge in [0, 0.05) is 31.0 Å². The van der Waals surface area contributed by atoms with Gasteiger partial charge >= 0.3 is 0 Å². The molecule has 1 amide bonds. The SMILES string of the molecule is CC1=CC2C(=C1)N=CC1=C2CCCC1c1ccc([C@H](N(C)C(=O)C2CC(C)(O)C2)C(C)(C)C)cc1. The second-order valence-corrected chi connectivity index (χ2v) is 12.6. The molecule has 0 saturated heterocycles. The predicted molar refractivity (Wildman–Crippen MR) is 142 cm³/mol. The van der Waals surface area contributed by atoms with E-state index in [0.29, 0.717) is 24.7 Å². The van der Waals surface area contributed by atoms with Crippen molar-refractivity contribution in [1.29, 1.82) is 0 Å². The summed E-state index contributed by atoms with van der Waals surface area (Å²) >= 11 is 0. The van der Waals surface area contributed by atoms with Crippen molar-refractivity contribution in [3.8, 4) is 0 Å². The van der Waals surface area contributed by atoms with Crippen LogP contribution in [0.5, 0.6) is 0 Å². The lowest BCUT2D eigenvalue weighted by Gasteiger charge is -2.45. The average molecular weight is 473 g/mol. The van der Waals surface area contributed by atoms with Crippen LogP contribution in [-0.4, -0.2) is 34.8 Å². The molecule has 35 heavy (non-hydrogen) atoms. The zero-order valence-corrected chi connectivity index (χ0v) is 22.1. The lowest BCUT2D eigenvalue weighted by Crippen LogP contribution is -2.50. The van der Waals surface area contributed by atoms with Crippen LogP contribution in [0.25, 0.3) is 0 Å². The number of hydrogen-bond acceptors (Lipinski definition) is 3. The summed E-state index contributed by atoms with van der Waals surface area (Å²) in [5.74, 6) is 0.820. The van der Waals surface area contributed by atoms with E-state index in [-0.39, 0.29) is 23.3 Å². The number of rotatable bonds is 4. The van der Waals surface area contributed by atoms with E-state index in [1.54, 1.807) is 5.57 Å². The molecule has 1 saturated carbocycles. The molecule has 3 aliphatic carbocycles. The smallest absolute Gasteiger partial charge is 0.226 e. The Morgan fingerprint density at radius 2 is 1.89 bits per heavy atom. The van der Waals surface area contributed by atoms with Gasteiger partial charge in [0.25, 0.3) is 0 Å². The molecule has 0 bridgehead atoms. The van der Waals surface area contributed by atoms with Gasteiger partial charge in [-0.2, -0.15) is 0 Å². The Morgan fingerprint density at radius 1 is 1.20 bits per heavy atom. The minimum absolute atomic E-state index is 0.0220. The van der Waals surface area contributed by atoms with E-state index in [1.807, 2.05) is 18.9 Å². The first-order valence-electron chi connectivity index (χ1n) is 13.2. The molecule has 0 spiro atoms. The number of carbonyl (C=O) groups is 1. The highest BCUT2D eigenvalue weighted by atomic mass is 16.3. The van der Waals surface area contributed by atoms with Crippen molar-refractivity contribution in [2.45, 2.75) is 84.3 Å². The summed E-state index contributed by atoms with van der Waals surface area (Å²) in [6.07, 6.45) is 11.4. The monoisotopic (exact) mass is 472 g/mol. The number of amides is 1. The zero-order chi connectivity index (χ0) is 25.1. The molecule has 1 heterocycles. The molecule has 4 heteroatoms. The van der Waals surface area contributed by atoms with Crippen molar-refractivity contribution in [3.05, 3.63) is 70.0 Å². The topological polar surface area (TPSA) is 52.9 Å². The van der Waals surface area contributed by atoms with Crippen LogP contribution < -0.4 is 0 Å². The lowest BCUT2D eigenvalue weighted by molar-refractivity contribution is -0.152. The minimum atomic E-state index is -0.695. The summed E-state index contributed by atoms with van der Waals surface area (Å²) in [4.78, 5) is 20.0. The Kier molecular flexibility index (Phi) is 5.95. The Morgan fingerprint density at radius 3 is 2.51 bits per heavy atom. The maximum absolute atomic E-state index is 13.2. The third-order valence-corrected chi connectivity index (χ3v) is 8.47. The molecule has 1 aliphatic heterocycles. The first-order valence-corrected chi connectivity index (χ1v) is 13.2. The van der Waals surface area contributed by atoms with Crippen molar-refractivity contribution in [2.24, 2.45) is 22.2 Å². The van der Waals surface area contributed by atoms with Gasteiger partial charge in [0.2, 0.25) is 5.91 Å². The van der Waals surface area contributed by atoms with Gasteiger partial charge in [-0.15, -0.1) is 0 Å². The lowest BCUT2D eigenvalue weighted by atomic mass is 9.71. The van der Waals surface area contributed by atoms with Crippen LogP contribution in [0.2, 0.25) is 0 Å². The van der Waals surface area contributed by atoms with Gasteiger partial charge in [0.15, 0.2) is 0 Å². The van der Waals surface area contributed by atoms with Crippen molar-refractivity contribution < 1.29 is 9.90 Å². The molecular formula is C31H40N2O2. The number of benzene rings is 1. The maximum atomic E-state index is 13.2. The number of carbonyl (C=O) groups excluding carboxylic acids is 1. The Bertz CT molecular complexity index is 1140. The molecule has 3 atom stereocenters. The van der Waals surface area contributed by atoms with E-state index >= 15 is 0 Å². The van der Waals surface area contributed by atoms with Gasteiger partial charge in [0.05, 0.1) is 17.3 Å². The number of aliphatic hydroxyl groups is 1. The number of dihydropyridines is 1. The number of nitrogens with zero attached hydrogens (tertiary/aromatic N) is 2. The number of allylic oxidation sites excluding steroid dienone is 4. The van der Waals surface area contributed by atoms with Gasteiger partial charge in [-0.3, -0.25) is 9.79 Å². The summed E-state index contributed by atoms with van der Waals surface area (Å²) in [5, 5.41) is 10.1. The largest absolute Gasteiger partial charge is 0.390 e. The van der Waals surface area contributed by atoms with Gasteiger partial charge in [-0.1, -0.05) is 62.3 Å². The highest BCUT2D eigenvalue weighted by Crippen LogP contribution is 2.47. The predicted octanol–water partition coefficient (Wildman–Crippen LogP) is 6.50. The van der Waals surface area contributed by atoms with Crippen molar-refractivity contribution in [1.82, 2.24) is 4.90 Å². The molecular weight excluding hydrogens is 432 g/mol. The third-order valence-electron chi connectivity index (χ3n) is 8.47. The summed E-state index contributed by atoms with van der Waals surface area (Å²) < 4.78 is 0. The summed E-state index contributed by atoms with van der Waals surface area (Å²) in [6.45, 7) is 10.6. The fraction of sp³-hybridized carbons (Fsp3) is 0.548. The van der Waals surface area contributed by atoms with Crippen LogP contribution in [0.4, 0.5) is 0 Å². The first kappa shape index (κ1) is 24.2. The zero-order valence-electron chi connectivity index (χ0n) is 22.1. The van der Waals surface area contributed by atoms with Gasteiger partial charge in [-0.25, -0.2) is 0 Å². The summed E-state index contributed by atoms with van der Waals surface area (Å²) in [5.41, 5.74) is 7.20. The van der Waals surface area contributed by atoms with Gasteiger partial charge in [0.1, 0.15) is 0 Å². The normalized spacial score (nSPS) is 30.7. The number of fused-ring (bicyclic) bond motifs is 2. The van der Waals surface area contributed by atoms with Crippen LogP contribution in [0.3, 0.4) is 0 Å². The minimum Gasteiger partial charge on any atom is -0.390 e. The van der Waals surface area contributed by atoms with E-state index in [1.165, 1.54) is 34.4 Å². The van der Waals surface area contributed by atoms with Crippen LogP contribution >= 0.6 is 0 Å². The van der Waals surface area contributed by atoms with Crippen molar-refractivity contribution in [2.75, 3.05) is 7.05 Å². The van der Waals surface area contributed by atoms with Crippen LogP contribution in [-0.2, 0) is 4.79 Å². The number of aliphatic imine (C=N–C) groups is 1. The van der Waals surface area contributed by atoms with E-state index < -0.39 is 5.60 Å². The van der Waals surface area contributed by atoms with Crippen LogP contribution in [0, 0.1) is 17.3 Å². The summed E-state index contributed by atoms with van der Waals surface area (Å²) in [6, 6.07) is 8.98. The molecule has 2 unspecified atom stereocenters. The Balaban J connectivity index is 1.40.